The standard InChI is InChI=1S/C27H31FN4O4S/c1-3-31-37(35,36)25-13-8-21(9-14-25)10-15-26(33)32(19-22-6-11-24(28)12-7-22)20(2)27(34)30-18-23-5-4-16-29-17-23/h4-9,11-14,16-17,20,31H,3,10,15,18-19H2,1-2H3,(H,30,34)/t20-/m0/s1. The van der Waals surface area contributed by atoms with Crippen LogP contribution in [0.1, 0.15) is 37.0 Å². The Hall–Kier alpha value is -3.63. The lowest BCUT2D eigenvalue weighted by Gasteiger charge is -2.29. The summed E-state index contributed by atoms with van der Waals surface area (Å²) in [7, 11) is -3.56. The maximum absolute atomic E-state index is 13.4. The third kappa shape index (κ3) is 8.19. The van der Waals surface area contributed by atoms with Crippen LogP contribution in [0.25, 0.3) is 0 Å². The first kappa shape index (κ1) is 27.9. The number of sulfonamides is 1. The van der Waals surface area contributed by atoms with Crippen LogP contribution in [0.15, 0.2) is 78.0 Å². The number of carbonyl (C=O) groups is 2. The minimum Gasteiger partial charge on any atom is -0.350 e. The van der Waals surface area contributed by atoms with Gasteiger partial charge in [-0.3, -0.25) is 14.6 Å². The van der Waals surface area contributed by atoms with Crippen molar-refractivity contribution in [1.82, 2.24) is 19.9 Å². The Morgan fingerprint density at radius 3 is 2.30 bits per heavy atom. The SMILES string of the molecule is CCNS(=O)(=O)c1ccc(CCC(=O)N(Cc2ccc(F)cc2)[C@@H](C)C(=O)NCc2cccnc2)cc1. The molecule has 8 nitrogen and oxygen atoms in total. The smallest absolute Gasteiger partial charge is 0.242 e. The van der Waals surface area contributed by atoms with E-state index in [0.717, 1.165) is 11.1 Å². The van der Waals surface area contributed by atoms with E-state index in [0.29, 0.717) is 12.0 Å². The van der Waals surface area contributed by atoms with Crippen molar-refractivity contribution in [1.29, 1.82) is 0 Å². The molecule has 0 aliphatic rings. The topological polar surface area (TPSA) is 108 Å². The van der Waals surface area contributed by atoms with Gasteiger partial charge >= 0.3 is 0 Å². The van der Waals surface area contributed by atoms with Crippen molar-refractivity contribution in [3.8, 4) is 0 Å². The summed E-state index contributed by atoms with van der Waals surface area (Å²) in [5.74, 6) is -0.960. The van der Waals surface area contributed by atoms with Gasteiger partial charge in [0.25, 0.3) is 0 Å². The molecule has 0 saturated heterocycles. The molecule has 37 heavy (non-hydrogen) atoms. The van der Waals surface area contributed by atoms with Gasteiger partial charge in [0.1, 0.15) is 11.9 Å². The van der Waals surface area contributed by atoms with Gasteiger partial charge in [-0.05, 0) is 60.4 Å². The van der Waals surface area contributed by atoms with E-state index in [4.69, 9.17) is 0 Å². The average molecular weight is 527 g/mol. The quantitative estimate of drug-likeness (QED) is 0.377. The van der Waals surface area contributed by atoms with E-state index in [2.05, 4.69) is 15.0 Å². The maximum atomic E-state index is 13.4. The maximum Gasteiger partial charge on any atom is 0.242 e. The Bertz CT molecular complexity index is 1280. The zero-order valence-corrected chi connectivity index (χ0v) is 21.7. The number of hydrogen-bond acceptors (Lipinski definition) is 5. The van der Waals surface area contributed by atoms with Crippen LogP contribution >= 0.6 is 0 Å². The van der Waals surface area contributed by atoms with Gasteiger partial charge < -0.3 is 10.2 Å². The van der Waals surface area contributed by atoms with Crippen LogP contribution < -0.4 is 10.0 Å². The van der Waals surface area contributed by atoms with E-state index in [1.54, 1.807) is 56.6 Å². The van der Waals surface area contributed by atoms with E-state index in [1.165, 1.54) is 29.2 Å². The highest BCUT2D eigenvalue weighted by molar-refractivity contribution is 7.89. The van der Waals surface area contributed by atoms with Crippen LogP contribution in [0.3, 0.4) is 0 Å². The van der Waals surface area contributed by atoms with Crippen LogP contribution in [0.4, 0.5) is 4.39 Å². The molecule has 0 bridgehead atoms. The molecule has 2 N–H and O–H groups in total. The van der Waals surface area contributed by atoms with Crippen molar-refractivity contribution in [3.63, 3.8) is 0 Å². The number of aromatic nitrogens is 1. The molecule has 1 heterocycles. The van der Waals surface area contributed by atoms with E-state index in [-0.39, 0.29) is 48.6 Å². The molecule has 0 aliphatic heterocycles. The molecular weight excluding hydrogens is 495 g/mol. The predicted octanol–water partition coefficient (Wildman–Crippen LogP) is 3.19. The van der Waals surface area contributed by atoms with Crippen molar-refractivity contribution >= 4 is 21.8 Å². The molecule has 0 spiro atoms. The van der Waals surface area contributed by atoms with Crippen LogP contribution in [-0.4, -0.2) is 42.7 Å². The monoisotopic (exact) mass is 526 g/mol. The molecule has 0 saturated carbocycles. The second-order valence-corrected chi connectivity index (χ2v) is 10.3. The van der Waals surface area contributed by atoms with E-state index in [1.807, 2.05) is 6.07 Å². The lowest BCUT2D eigenvalue weighted by atomic mass is 10.1. The third-order valence-electron chi connectivity index (χ3n) is 5.82. The number of nitrogens with one attached hydrogen (secondary N) is 2. The average Bonchev–Trinajstić information content (AvgIpc) is 2.90. The van der Waals surface area contributed by atoms with Gasteiger partial charge in [0.2, 0.25) is 21.8 Å². The molecule has 196 valence electrons. The van der Waals surface area contributed by atoms with Crippen LogP contribution in [0.5, 0.6) is 0 Å². The highest BCUT2D eigenvalue weighted by atomic mass is 32.2. The van der Waals surface area contributed by atoms with Crippen LogP contribution in [-0.2, 0) is 39.1 Å². The summed E-state index contributed by atoms with van der Waals surface area (Å²) in [6, 6.07) is 15.0. The van der Waals surface area contributed by atoms with Crippen molar-refractivity contribution in [2.75, 3.05) is 6.54 Å². The summed E-state index contributed by atoms with van der Waals surface area (Å²) >= 11 is 0. The summed E-state index contributed by atoms with van der Waals surface area (Å²) in [5, 5.41) is 2.84. The number of amides is 2. The van der Waals surface area contributed by atoms with Gasteiger partial charge in [0, 0.05) is 38.4 Å². The Morgan fingerprint density at radius 2 is 1.68 bits per heavy atom. The fraction of sp³-hybridized carbons (Fsp3) is 0.296. The predicted molar refractivity (Wildman–Crippen MR) is 138 cm³/mol. The molecule has 0 aliphatic carbocycles. The number of aryl methyl sites for hydroxylation is 1. The molecule has 0 fully saturated rings. The first-order chi connectivity index (χ1) is 17.7. The van der Waals surface area contributed by atoms with Crippen LogP contribution in [0.2, 0.25) is 0 Å². The Labute approximate surface area is 217 Å². The largest absolute Gasteiger partial charge is 0.350 e. The van der Waals surface area contributed by atoms with E-state index < -0.39 is 16.1 Å². The number of carbonyl (C=O) groups excluding carboxylic acids is 2. The van der Waals surface area contributed by atoms with Crippen molar-refractivity contribution in [3.05, 3.63) is 95.6 Å². The minimum absolute atomic E-state index is 0.112. The summed E-state index contributed by atoms with van der Waals surface area (Å²) in [4.78, 5) is 31.8. The first-order valence-electron chi connectivity index (χ1n) is 12.0. The number of halogens is 1. The van der Waals surface area contributed by atoms with Gasteiger partial charge in [-0.1, -0.05) is 37.3 Å². The number of hydrogen-bond donors (Lipinski definition) is 2. The lowest BCUT2D eigenvalue weighted by molar-refractivity contribution is -0.140. The summed E-state index contributed by atoms with van der Waals surface area (Å²) < 4.78 is 40.1. The molecule has 0 radical (unpaired) electrons. The van der Waals surface area contributed by atoms with Gasteiger partial charge in [-0.25, -0.2) is 17.5 Å². The second-order valence-electron chi connectivity index (χ2n) is 8.55. The van der Waals surface area contributed by atoms with Gasteiger partial charge in [0.15, 0.2) is 0 Å². The van der Waals surface area contributed by atoms with Gasteiger partial charge in [-0.2, -0.15) is 0 Å². The number of benzene rings is 2. The Kier molecular flexibility index (Phi) is 9.87. The Balaban J connectivity index is 1.69. The molecule has 3 aromatic rings. The van der Waals surface area contributed by atoms with Gasteiger partial charge in [-0.15, -0.1) is 0 Å². The molecule has 1 aromatic heterocycles. The fourth-order valence-corrected chi connectivity index (χ4v) is 4.75. The second kappa shape index (κ2) is 13.1. The molecule has 1 atom stereocenters. The normalized spacial score (nSPS) is 12.1. The third-order valence-corrected chi connectivity index (χ3v) is 7.38. The molecular formula is C27H31FN4O4S. The fourth-order valence-electron chi connectivity index (χ4n) is 3.71. The molecule has 3 rings (SSSR count). The lowest BCUT2D eigenvalue weighted by Crippen LogP contribution is -2.47. The minimum atomic E-state index is -3.56. The Morgan fingerprint density at radius 1 is 1.00 bits per heavy atom. The summed E-state index contributed by atoms with van der Waals surface area (Å²) in [6.45, 7) is 4.06. The molecule has 0 unspecified atom stereocenters. The molecule has 2 aromatic carbocycles. The van der Waals surface area contributed by atoms with E-state index >= 15 is 0 Å². The first-order valence-corrected chi connectivity index (χ1v) is 13.5. The zero-order valence-electron chi connectivity index (χ0n) is 20.9. The van der Waals surface area contributed by atoms with Gasteiger partial charge in [0.05, 0.1) is 4.90 Å². The van der Waals surface area contributed by atoms with Crippen LogP contribution in [0, 0.1) is 5.82 Å². The summed E-state index contributed by atoms with van der Waals surface area (Å²) in [5.41, 5.74) is 2.32. The number of pyridine rings is 1. The van der Waals surface area contributed by atoms with Crippen molar-refractivity contribution in [2.45, 2.75) is 50.7 Å². The van der Waals surface area contributed by atoms with Crippen molar-refractivity contribution in [2.24, 2.45) is 0 Å². The summed E-state index contributed by atoms with van der Waals surface area (Å²) in [6.07, 6.45) is 3.78. The number of rotatable bonds is 12. The van der Waals surface area contributed by atoms with E-state index in [9.17, 15) is 22.4 Å². The number of nitrogens with zero attached hydrogens (tertiary/aromatic N) is 2. The highest BCUT2D eigenvalue weighted by Crippen LogP contribution is 2.16. The van der Waals surface area contributed by atoms with Crippen molar-refractivity contribution < 1.29 is 22.4 Å². The molecule has 2 amide bonds. The highest BCUT2D eigenvalue weighted by Gasteiger charge is 2.26. The zero-order chi connectivity index (χ0) is 26.8. The molecule has 10 heteroatoms.